The van der Waals surface area contributed by atoms with Gasteiger partial charge < -0.3 is 19.3 Å². The van der Waals surface area contributed by atoms with Gasteiger partial charge in [0.2, 0.25) is 0 Å². The van der Waals surface area contributed by atoms with Gasteiger partial charge in [0.05, 0.1) is 22.4 Å². The lowest BCUT2D eigenvalue weighted by Gasteiger charge is -2.22. The number of fused-ring (bicyclic) bond motifs is 6. The van der Waals surface area contributed by atoms with Crippen molar-refractivity contribution in [3.05, 3.63) is 284 Å². The molecule has 14 aromatic rings. The predicted octanol–water partition coefficient (Wildman–Crippen LogP) is 23.1. The van der Waals surface area contributed by atoms with Crippen molar-refractivity contribution in [1.29, 1.82) is 10.5 Å². The number of rotatable bonds is 12. The highest BCUT2D eigenvalue weighted by Crippen LogP contribution is 2.54. The summed E-state index contributed by atoms with van der Waals surface area (Å²) in [7, 11) is 0. The first-order valence-corrected chi connectivity index (χ1v) is 37.0. The molecule has 8 nitrogen and oxygen atoms in total. The molecule has 0 saturated carbocycles. The number of aliphatic carboxylic acids is 2. The van der Waals surface area contributed by atoms with E-state index in [1.54, 1.807) is 34.8 Å². The molecule has 2 N–H and O–H groups in total. The first-order valence-electron chi connectivity index (χ1n) is 33.8. The van der Waals surface area contributed by atoms with Crippen LogP contribution in [0, 0.1) is 22.7 Å². The molecule has 100 heavy (non-hydrogen) atoms. The van der Waals surface area contributed by atoms with Gasteiger partial charge in [-0.15, -0.1) is 45.3 Å². The van der Waals surface area contributed by atoms with Gasteiger partial charge in [-0.25, -0.2) is 9.59 Å². The number of nitriles is 2. The molecular formula is C88H64N4O4S4. The van der Waals surface area contributed by atoms with Crippen molar-refractivity contribution in [2.24, 2.45) is 0 Å². The zero-order chi connectivity index (χ0) is 68.3. The number of aromatic nitrogens is 2. The Hall–Kier alpha value is -11.0. The van der Waals surface area contributed by atoms with Gasteiger partial charge in [-0.2, -0.15) is 10.5 Å². The van der Waals surface area contributed by atoms with Crippen LogP contribution in [-0.2, 0) is 46.1 Å². The largest absolute Gasteiger partial charge is 0.477 e. The van der Waals surface area contributed by atoms with Gasteiger partial charge in [-0.3, -0.25) is 0 Å². The smallest absolute Gasteiger partial charge is 0.346 e. The SMILES string of the molecule is CC1(C)c2ccccc2-c2ccc(-n3c(-c4ccccc4)c4c5c(cc(-c6ccc(-c7ccc(/C=C(\C#N)C(=O)O)s7)s6)cc53)CCC4)cc21.CC1(C)c2ccccc2-c2ccc(-n3c(-c4ccccc4)c4c5c(cc(-c6ccc(-c7ccc(/C=C(\C#N)C(=O)O)s7)s6)cc53)CCC4)cc21. The average molecular weight is 1370 g/mol. The second kappa shape index (κ2) is 24.5. The fraction of sp³-hybridized carbons (Fsp3) is 0.136. The Balaban J connectivity index is 0.000000150. The Bertz CT molecular complexity index is 5540. The van der Waals surface area contributed by atoms with Crippen LogP contribution in [0.25, 0.3) is 130 Å². The molecule has 0 amide bonds. The van der Waals surface area contributed by atoms with Crippen LogP contribution >= 0.6 is 45.3 Å². The summed E-state index contributed by atoms with van der Waals surface area (Å²) in [5, 5.41) is 39.8. The molecule has 6 aromatic heterocycles. The molecule has 4 aliphatic rings. The topological polar surface area (TPSA) is 132 Å². The molecule has 0 unspecified atom stereocenters. The number of thiophene rings is 4. The Morgan fingerprint density at radius 1 is 0.400 bits per heavy atom. The Labute approximate surface area is 595 Å². The zero-order valence-electron chi connectivity index (χ0n) is 55.3. The van der Waals surface area contributed by atoms with Gasteiger partial charge in [0, 0.05) is 72.0 Å². The Kier molecular flexibility index (Phi) is 15.3. The summed E-state index contributed by atoms with van der Waals surface area (Å²) in [6.07, 6.45) is 9.31. The first kappa shape index (κ1) is 62.6. The maximum atomic E-state index is 11.4. The van der Waals surface area contributed by atoms with Crippen LogP contribution < -0.4 is 0 Å². The van der Waals surface area contributed by atoms with Crippen LogP contribution in [0.5, 0.6) is 0 Å². The van der Waals surface area contributed by atoms with Crippen molar-refractivity contribution >= 4 is 91.2 Å². The van der Waals surface area contributed by atoms with Crippen LogP contribution in [-0.4, -0.2) is 31.3 Å². The molecule has 0 fully saturated rings. The maximum absolute atomic E-state index is 11.4. The van der Waals surface area contributed by atoms with Crippen LogP contribution in [0.2, 0.25) is 0 Å². The molecule has 18 rings (SSSR count). The van der Waals surface area contributed by atoms with Gasteiger partial charge in [0.1, 0.15) is 23.3 Å². The summed E-state index contributed by atoms with van der Waals surface area (Å²) in [6.45, 7) is 9.38. The third kappa shape index (κ3) is 10.4. The summed E-state index contributed by atoms with van der Waals surface area (Å²) >= 11 is 6.49. The minimum Gasteiger partial charge on any atom is -0.477 e. The summed E-state index contributed by atoms with van der Waals surface area (Å²) in [4.78, 5) is 31.0. The lowest BCUT2D eigenvalue weighted by atomic mass is 9.82. The fourth-order valence-corrected chi connectivity index (χ4v) is 20.3. The van der Waals surface area contributed by atoms with Crippen molar-refractivity contribution in [3.8, 4) is 109 Å². The monoisotopic (exact) mass is 1370 g/mol. The van der Waals surface area contributed by atoms with Crippen LogP contribution in [0.3, 0.4) is 0 Å². The second-order valence-electron chi connectivity index (χ2n) is 27.3. The third-order valence-corrected chi connectivity index (χ3v) is 25.5. The van der Waals surface area contributed by atoms with E-state index < -0.39 is 11.9 Å². The van der Waals surface area contributed by atoms with E-state index >= 15 is 0 Å². The van der Waals surface area contributed by atoms with Crippen molar-refractivity contribution in [2.45, 2.75) is 77.0 Å². The number of hydrogen-bond donors (Lipinski definition) is 2. The number of carboxylic acid groups (broad SMARTS) is 2. The minimum atomic E-state index is -1.21. The molecule has 4 aliphatic carbocycles. The van der Waals surface area contributed by atoms with Gasteiger partial charge in [-0.1, -0.05) is 149 Å². The van der Waals surface area contributed by atoms with Gasteiger partial charge >= 0.3 is 11.9 Å². The van der Waals surface area contributed by atoms with Crippen LogP contribution in [0.4, 0.5) is 0 Å². The fourth-order valence-electron chi connectivity index (χ4n) is 16.2. The second-order valence-corrected chi connectivity index (χ2v) is 31.7. The van der Waals surface area contributed by atoms with E-state index in [2.05, 4.69) is 231 Å². The van der Waals surface area contributed by atoms with E-state index in [4.69, 9.17) is 0 Å². The van der Waals surface area contributed by atoms with Crippen molar-refractivity contribution < 1.29 is 19.8 Å². The van der Waals surface area contributed by atoms with E-state index in [0.717, 1.165) is 67.8 Å². The lowest BCUT2D eigenvalue weighted by molar-refractivity contribution is -0.133. The molecular weight excluding hydrogens is 1310 g/mol. The number of carbonyl (C=O) groups is 2. The number of carboxylic acids is 2. The predicted molar refractivity (Wildman–Crippen MR) is 412 cm³/mol. The minimum absolute atomic E-state index is 0.0977. The quantitative estimate of drug-likeness (QED) is 0.0925. The highest BCUT2D eigenvalue weighted by Gasteiger charge is 2.38. The first-order chi connectivity index (χ1) is 48.6. The molecule has 484 valence electrons. The van der Waals surface area contributed by atoms with E-state index in [9.17, 15) is 30.3 Å². The van der Waals surface area contributed by atoms with Crippen LogP contribution in [0.15, 0.2) is 230 Å². The maximum Gasteiger partial charge on any atom is 0.346 e. The zero-order valence-corrected chi connectivity index (χ0v) is 58.6. The summed E-state index contributed by atoms with van der Waals surface area (Å²) in [5.41, 5.74) is 28.1. The van der Waals surface area contributed by atoms with Crippen molar-refractivity contribution in [2.75, 3.05) is 0 Å². The van der Waals surface area contributed by atoms with Crippen LogP contribution in [0.1, 0.15) is 94.8 Å². The molecule has 0 aliphatic heterocycles. The molecule has 6 heterocycles. The summed E-state index contributed by atoms with van der Waals surface area (Å²) < 4.78 is 5.05. The van der Waals surface area contributed by atoms with E-state index in [1.165, 1.54) is 178 Å². The average Bonchev–Trinajstić information content (AvgIpc) is 1.56. The molecule has 8 aromatic carbocycles. The van der Waals surface area contributed by atoms with Gasteiger partial charge in [-0.05, 0) is 237 Å². The highest BCUT2D eigenvalue weighted by molar-refractivity contribution is 7.24. The number of benzene rings is 8. The molecule has 0 saturated heterocycles. The van der Waals surface area contributed by atoms with E-state index in [-0.39, 0.29) is 22.0 Å². The van der Waals surface area contributed by atoms with E-state index in [1.807, 2.05) is 24.3 Å². The molecule has 0 atom stereocenters. The molecule has 0 spiro atoms. The standard InChI is InChI=1S/2C44H32N2O2S2/c2*1-44(2)35-14-7-6-12-32(35)33-17-15-30(24-36(33)44)46-37-23-28(21-27-11-8-13-34(41(27)37)42(46)26-9-4-3-5-10-26)38-19-20-40(50-38)39-18-16-31(49-39)22-29(25-45)43(47)48/h2*3-7,9-10,12,14-24H,8,11,13H2,1-2H3,(H,47,48)/b2*29-22+. The van der Waals surface area contributed by atoms with Crippen molar-refractivity contribution in [3.63, 3.8) is 0 Å². The molecule has 12 heteroatoms. The Morgan fingerprint density at radius 3 is 1.18 bits per heavy atom. The van der Waals surface area contributed by atoms with Gasteiger partial charge in [0.25, 0.3) is 0 Å². The molecule has 0 radical (unpaired) electrons. The van der Waals surface area contributed by atoms with E-state index in [0.29, 0.717) is 0 Å². The summed E-state index contributed by atoms with van der Waals surface area (Å²) in [5.74, 6) is -2.42. The third-order valence-electron chi connectivity index (χ3n) is 20.8. The normalized spacial score (nSPS) is 14.4. The number of hydrogen-bond acceptors (Lipinski definition) is 8. The number of nitrogens with zero attached hydrogens (tertiary/aromatic N) is 4. The lowest BCUT2D eigenvalue weighted by Crippen LogP contribution is -2.15. The highest BCUT2D eigenvalue weighted by atomic mass is 32.1. The van der Waals surface area contributed by atoms with Gasteiger partial charge in [0.15, 0.2) is 0 Å². The summed E-state index contributed by atoms with van der Waals surface area (Å²) in [6, 6.07) is 83.1. The molecule has 0 bridgehead atoms. The Morgan fingerprint density at radius 2 is 0.770 bits per heavy atom. The number of aryl methyl sites for hydroxylation is 4. The van der Waals surface area contributed by atoms with Crippen molar-refractivity contribution in [1.82, 2.24) is 9.13 Å².